The lowest BCUT2D eigenvalue weighted by Crippen LogP contribution is -2.57. The molecule has 16 heteroatoms. The highest BCUT2D eigenvalue weighted by atomic mass is 16.4. The molecule has 4 atom stereocenters. The molecule has 0 radical (unpaired) electrons. The number of H-pyrrole nitrogens is 1. The van der Waals surface area contributed by atoms with Crippen molar-refractivity contribution in [2.45, 2.75) is 75.5 Å². The van der Waals surface area contributed by atoms with E-state index in [1.165, 1.54) is 12.5 Å². The van der Waals surface area contributed by atoms with Gasteiger partial charge in [-0.3, -0.25) is 24.0 Å². The minimum atomic E-state index is -1.46. The second-order valence-electron chi connectivity index (χ2n) is 8.63. The zero-order chi connectivity index (χ0) is 28.7. The lowest BCUT2D eigenvalue weighted by molar-refractivity contribution is -0.143. The zero-order valence-electron chi connectivity index (χ0n) is 20.9. The molecule has 0 spiro atoms. The molecule has 12 N–H and O–H groups in total. The fraction of sp³-hybridized carbons (Fsp3) is 0.591. The molecular weight excluding hydrogens is 504 g/mol. The molecule has 0 saturated heterocycles. The van der Waals surface area contributed by atoms with Crippen molar-refractivity contribution >= 4 is 35.6 Å². The third-order valence-corrected chi connectivity index (χ3v) is 5.49. The van der Waals surface area contributed by atoms with Crippen molar-refractivity contribution in [2.75, 3.05) is 6.54 Å². The van der Waals surface area contributed by atoms with E-state index in [0.29, 0.717) is 31.5 Å². The molecule has 0 bridgehead atoms. The van der Waals surface area contributed by atoms with Crippen molar-refractivity contribution in [1.82, 2.24) is 25.9 Å². The molecule has 16 nitrogen and oxygen atoms in total. The summed E-state index contributed by atoms with van der Waals surface area (Å²) < 4.78 is 0. The lowest BCUT2D eigenvalue weighted by Gasteiger charge is -2.25. The van der Waals surface area contributed by atoms with Crippen LogP contribution in [-0.2, 0) is 35.2 Å². The molecule has 38 heavy (non-hydrogen) atoms. The first-order valence-electron chi connectivity index (χ1n) is 12.0. The normalized spacial score (nSPS) is 13.9. The van der Waals surface area contributed by atoms with E-state index >= 15 is 0 Å². The molecule has 212 valence electrons. The molecule has 0 fully saturated rings. The molecule has 1 heterocycles. The number of carboxylic acids is 2. The van der Waals surface area contributed by atoms with E-state index in [1.807, 2.05) is 0 Å². The predicted molar refractivity (Wildman–Crippen MR) is 132 cm³/mol. The summed E-state index contributed by atoms with van der Waals surface area (Å²) in [5, 5.41) is 25.6. The highest BCUT2D eigenvalue weighted by Gasteiger charge is 2.31. The molecule has 0 saturated carbocycles. The number of carboxylic acid groups (broad SMARTS) is 2. The Hall–Kier alpha value is -4.05. The van der Waals surface area contributed by atoms with Gasteiger partial charge < -0.3 is 48.3 Å². The predicted octanol–water partition coefficient (Wildman–Crippen LogP) is -2.92. The van der Waals surface area contributed by atoms with Gasteiger partial charge in [-0.15, -0.1) is 0 Å². The molecule has 1 rings (SSSR count). The van der Waals surface area contributed by atoms with Gasteiger partial charge in [0.1, 0.15) is 18.1 Å². The zero-order valence-corrected chi connectivity index (χ0v) is 20.9. The number of amides is 4. The number of nitrogens with zero attached hydrogens (tertiary/aromatic N) is 1. The first-order valence-corrected chi connectivity index (χ1v) is 12.0. The van der Waals surface area contributed by atoms with Crippen LogP contribution in [0.15, 0.2) is 12.5 Å². The fourth-order valence-electron chi connectivity index (χ4n) is 3.37. The van der Waals surface area contributed by atoms with Gasteiger partial charge in [0.25, 0.3) is 0 Å². The monoisotopic (exact) mass is 540 g/mol. The van der Waals surface area contributed by atoms with Crippen LogP contribution in [0.2, 0.25) is 0 Å². The van der Waals surface area contributed by atoms with Crippen LogP contribution < -0.4 is 33.2 Å². The van der Waals surface area contributed by atoms with Gasteiger partial charge >= 0.3 is 11.9 Å². The van der Waals surface area contributed by atoms with E-state index in [2.05, 4.69) is 25.9 Å². The van der Waals surface area contributed by atoms with Crippen LogP contribution >= 0.6 is 0 Å². The number of nitrogens with two attached hydrogens (primary N) is 3. The van der Waals surface area contributed by atoms with Crippen LogP contribution in [0.4, 0.5) is 0 Å². The maximum Gasteiger partial charge on any atom is 0.326 e. The van der Waals surface area contributed by atoms with Gasteiger partial charge in [0.2, 0.25) is 23.6 Å². The van der Waals surface area contributed by atoms with Gasteiger partial charge in [0.05, 0.1) is 12.4 Å². The van der Waals surface area contributed by atoms with Gasteiger partial charge in [0.15, 0.2) is 0 Å². The fourth-order valence-corrected chi connectivity index (χ4v) is 3.37. The van der Waals surface area contributed by atoms with Crippen molar-refractivity contribution in [3.05, 3.63) is 18.2 Å². The van der Waals surface area contributed by atoms with E-state index < -0.39 is 66.2 Å². The Labute approximate surface area is 218 Å². The Morgan fingerprint density at radius 1 is 0.868 bits per heavy atom. The van der Waals surface area contributed by atoms with Gasteiger partial charge in [0, 0.05) is 31.2 Å². The Morgan fingerprint density at radius 3 is 1.95 bits per heavy atom. The Kier molecular flexibility index (Phi) is 14.0. The summed E-state index contributed by atoms with van der Waals surface area (Å²) in [6, 6.07) is -5.16. The third-order valence-electron chi connectivity index (χ3n) is 5.49. The Bertz CT molecular complexity index is 955. The summed E-state index contributed by atoms with van der Waals surface area (Å²) in [5.74, 6) is -5.90. The van der Waals surface area contributed by atoms with Crippen LogP contribution in [-0.4, -0.2) is 86.5 Å². The van der Waals surface area contributed by atoms with E-state index in [1.54, 1.807) is 0 Å². The van der Waals surface area contributed by atoms with Crippen LogP contribution in [0.5, 0.6) is 0 Å². The number of aromatic amines is 1. The third kappa shape index (κ3) is 12.3. The lowest BCUT2D eigenvalue weighted by atomic mass is 10.0. The minimum absolute atomic E-state index is 0.153. The van der Waals surface area contributed by atoms with Crippen LogP contribution in [0.1, 0.15) is 50.6 Å². The van der Waals surface area contributed by atoms with Crippen LogP contribution in [0.25, 0.3) is 0 Å². The molecule has 1 aromatic heterocycles. The Morgan fingerprint density at radius 2 is 1.45 bits per heavy atom. The molecule has 0 aliphatic heterocycles. The second-order valence-corrected chi connectivity index (χ2v) is 8.63. The highest BCUT2D eigenvalue weighted by molar-refractivity contribution is 5.94. The highest BCUT2D eigenvalue weighted by Crippen LogP contribution is 2.06. The van der Waals surface area contributed by atoms with E-state index in [-0.39, 0.29) is 25.7 Å². The summed E-state index contributed by atoms with van der Waals surface area (Å²) in [4.78, 5) is 79.0. The van der Waals surface area contributed by atoms with Gasteiger partial charge in [-0.05, 0) is 32.2 Å². The molecule has 0 aromatic carbocycles. The number of rotatable bonds is 19. The van der Waals surface area contributed by atoms with Crippen molar-refractivity contribution in [3.8, 4) is 0 Å². The summed E-state index contributed by atoms with van der Waals surface area (Å²) in [5.41, 5.74) is 16.9. The van der Waals surface area contributed by atoms with E-state index in [0.717, 1.165) is 0 Å². The van der Waals surface area contributed by atoms with E-state index in [4.69, 9.17) is 22.3 Å². The SMILES string of the molecule is NCCCCC(N)C(=O)NC(CCC(N)=O)C(=O)NC(CCC(=O)O)C(=O)NC(Cc1cnc[nH]1)C(=O)O. The number of aliphatic carboxylic acids is 2. The molecule has 1 aromatic rings. The number of carbonyl (C=O) groups is 6. The number of unbranched alkanes of at least 4 members (excludes halogenated alkanes) is 1. The molecule has 4 amide bonds. The molecule has 0 aliphatic rings. The van der Waals surface area contributed by atoms with Crippen molar-refractivity contribution in [1.29, 1.82) is 0 Å². The topological polar surface area (TPSA) is 286 Å². The second kappa shape index (κ2) is 16.6. The quantitative estimate of drug-likeness (QED) is 0.0801. The average molecular weight is 541 g/mol. The molecular formula is C22H36N8O8. The maximum atomic E-state index is 13.0. The first-order chi connectivity index (χ1) is 17.9. The molecule has 4 unspecified atom stereocenters. The first kappa shape index (κ1) is 32.0. The van der Waals surface area contributed by atoms with Crippen LogP contribution in [0, 0.1) is 0 Å². The number of imidazole rings is 1. The summed E-state index contributed by atoms with van der Waals surface area (Å²) in [6.45, 7) is 0.419. The summed E-state index contributed by atoms with van der Waals surface area (Å²) in [7, 11) is 0. The number of hydrogen-bond acceptors (Lipinski definition) is 9. The van der Waals surface area contributed by atoms with Gasteiger partial charge in [-0.2, -0.15) is 0 Å². The van der Waals surface area contributed by atoms with Crippen molar-refractivity contribution in [2.24, 2.45) is 17.2 Å². The van der Waals surface area contributed by atoms with Crippen molar-refractivity contribution in [3.63, 3.8) is 0 Å². The standard InChI is InChI=1S/C22H36N8O8/c23-8-2-1-3-13(24)19(34)28-14(4-6-17(25)31)20(35)29-15(5-7-18(32)33)21(36)30-16(22(37)38)9-12-10-26-11-27-12/h10-11,13-16H,1-9,23-24H2,(H2,25,31)(H,26,27)(H,28,34)(H,29,35)(H,30,36)(H,32,33)(H,37,38). The number of aromatic nitrogens is 2. The molecule has 0 aliphatic carbocycles. The average Bonchev–Trinajstić information content (AvgIpc) is 3.36. The summed E-state index contributed by atoms with van der Waals surface area (Å²) in [6.07, 6.45) is 2.66. The van der Waals surface area contributed by atoms with E-state index in [9.17, 15) is 33.9 Å². The van der Waals surface area contributed by atoms with Gasteiger partial charge in [-0.1, -0.05) is 6.42 Å². The largest absolute Gasteiger partial charge is 0.481 e. The maximum absolute atomic E-state index is 13.0. The summed E-state index contributed by atoms with van der Waals surface area (Å²) >= 11 is 0. The number of primary amides is 1. The minimum Gasteiger partial charge on any atom is -0.481 e. The smallest absolute Gasteiger partial charge is 0.326 e. The van der Waals surface area contributed by atoms with Crippen molar-refractivity contribution < 1.29 is 39.0 Å². The number of carbonyl (C=O) groups excluding carboxylic acids is 4. The number of nitrogens with one attached hydrogen (secondary N) is 4. The number of hydrogen-bond donors (Lipinski definition) is 9. The van der Waals surface area contributed by atoms with Crippen LogP contribution in [0.3, 0.4) is 0 Å². The Balaban J connectivity index is 3.00. The van der Waals surface area contributed by atoms with Gasteiger partial charge in [-0.25, -0.2) is 9.78 Å².